The number of imide groups is 1. The Labute approximate surface area is 235 Å². The van der Waals surface area contributed by atoms with Gasteiger partial charge in [-0.25, -0.2) is 18.0 Å². The lowest BCUT2D eigenvalue weighted by Gasteiger charge is -2.46. The van der Waals surface area contributed by atoms with Crippen LogP contribution in [0.2, 0.25) is 0 Å². The first-order valence-corrected chi connectivity index (χ1v) is 14.4. The maximum absolute atomic E-state index is 14.5. The van der Waals surface area contributed by atoms with Crippen molar-refractivity contribution in [2.45, 2.75) is 115 Å². The number of ether oxygens (including phenoxy) is 3. The number of rotatable bonds is 1. The van der Waals surface area contributed by atoms with E-state index in [1.165, 1.54) is 39.0 Å². The number of nitro groups is 1. The standard InChI is InChI=1S/C27H39N3O9S/c1-23(2,3)38-21(31)29(22(32)39-24(4,5)6)20-26(9,10)40(35,36)19-15-25(7,8)37-18-13-12-16(30(33)34)14-17(18)27(19,11)28-20/h12-14,19H,15H2,1-11H3/t19?,27-/m1/s1. The summed E-state index contributed by atoms with van der Waals surface area (Å²) in [6.07, 6.45) is -2.36. The Morgan fingerprint density at radius 3 is 1.98 bits per heavy atom. The number of aliphatic imine (C=N–C) groups is 1. The minimum Gasteiger partial charge on any atom is -0.487 e. The van der Waals surface area contributed by atoms with Gasteiger partial charge in [-0.2, -0.15) is 4.90 Å². The van der Waals surface area contributed by atoms with Crippen LogP contribution in [0.3, 0.4) is 0 Å². The number of amidine groups is 1. The first-order chi connectivity index (χ1) is 17.8. The molecule has 3 rings (SSSR count). The molecule has 0 saturated carbocycles. The van der Waals surface area contributed by atoms with Gasteiger partial charge in [0.15, 0.2) is 9.84 Å². The molecule has 1 unspecified atom stereocenters. The highest BCUT2D eigenvalue weighted by atomic mass is 32.2. The number of benzene rings is 1. The van der Waals surface area contributed by atoms with Gasteiger partial charge in [0.1, 0.15) is 38.7 Å². The average Bonchev–Trinajstić information content (AvgIpc) is 2.81. The van der Waals surface area contributed by atoms with Crippen molar-refractivity contribution >= 4 is 33.5 Å². The van der Waals surface area contributed by atoms with Crippen LogP contribution >= 0.6 is 0 Å². The van der Waals surface area contributed by atoms with Crippen LogP contribution in [0.5, 0.6) is 5.75 Å². The van der Waals surface area contributed by atoms with Gasteiger partial charge in [-0.15, -0.1) is 0 Å². The molecule has 2 heterocycles. The molecule has 12 nitrogen and oxygen atoms in total. The molecular weight excluding hydrogens is 542 g/mol. The van der Waals surface area contributed by atoms with Crippen LogP contribution in [-0.4, -0.2) is 63.1 Å². The summed E-state index contributed by atoms with van der Waals surface area (Å²) in [6.45, 7) is 17.3. The van der Waals surface area contributed by atoms with Crippen molar-refractivity contribution in [1.29, 1.82) is 0 Å². The van der Waals surface area contributed by atoms with E-state index in [2.05, 4.69) is 0 Å². The number of carbonyl (C=O) groups is 2. The van der Waals surface area contributed by atoms with E-state index >= 15 is 0 Å². The lowest BCUT2D eigenvalue weighted by Crippen LogP contribution is -2.64. The maximum atomic E-state index is 14.5. The third kappa shape index (κ3) is 5.65. The molecule has 40 heavy (non-hydrogen) atoms. The summed E-state index contributed by atoms with van der Waals surface area (Å²) in [5, 5.41) is 10.5. The third-order valence-electron chi connectivity index (χ3n) is 6.74. The first kappa shape index (κ1) is 31.3. The van der Waals surface area contributed by atoms with Crippen LogP contribution in [0, 0.1) is 10.1 Å². The molecule has 2 aliphatic heterocycles. The molecular formula is C27H39N3O9S. The highest BCUT2D eigenvalue weighted by molar-refractivity contribution is 7.94. The van der Waals surface area contributed by atoms with Crippen LogP contribution in [0.1, 0.15) is 88.1 Å². The van der Waals surface area contributed by atoms with Gasteiger partial charge in [-0.1, -0.05) is 0 Å². The van der Waals surface area contributed by atoms with Crippen molar-refractivity contribution < 1.29 is 37.1 Å². The number of nitrogens with zero attached hydrogens (tertiary/aromatic N) is 3. The monoisotopic (exact) mass is 581 g/mol. The number of non-ortho nitro benzene ring substituents is 1. The van der Waals surface area contributed by atoms with Gasteiger partial charge in [-0.3, -0.25) is 15.1 Å². The fourth-order valence-electron chi connectivity index (χ4n) is 4.84. The Hall–Kier alpha value is -3.22. The fraction of sp³-hybridized carbons (Fsp3) is 0.667. The lowest BCUT2D eigenvalue weighted by atomic mass is 9.84. The van der Waals surface area contributed by atoms with Gasteiger partial charge in [0, 0.05) is 24.1 Å². The number of nitro benzene ring substituents is 1. The molecule has 0 N–H and O–H groups in total. The topological polar surface area (TPSA) is 155 Å². The van der Waals surface area contributed by atoms with Crippen LogP contribution in [0.15, 0.2) is 23.2 Å². The van der Waals surface area contributed by atoms with Gasteiger partial charge in [0.2, 0.25) is 0 Å². The second-order valence-corrected chi connectivity index (χ2v) is 16.1. The molecule has 222 valence electrons. The Balaban J connectivity index is 2.43. The number of hydrogen-bond acceptors (Lipinski definition) is 10. The lowest BCUT2D eigenvalue weighted by molar-refractivity contribution is -0.385. The Bertz CT molecular complexity index is 1360. The molecule has 0 aromatic heterocycles. The van der Waals surface area contributed by atoms with E-state index in [4.69, 9.17) is 19.2 Å². The quantitative estimate of drug-likeness (QED) is 0.308. The van der Waals surface area contributed by atoms with Crippen molar-refractivity contribution in [1.82, 2.24) is 4.90 Å². The molecule has 0 aliphatic carbocycles. The van der Waals surface area contributed by atoms with Crippen molar-refractivity contribution in [2.24, 2.45) is 4.99 Å². The zero-order valence-corrected chi connectivity index (χ0v) is 25.8. The van der Waals surface area contributed by atoms with E-state index in [0.29, 0.717) is 4.90 Å². The minimum absolute atomic E-state index is 0.0204. The van der Waals surface area contributed by atoms with E-state index < -0.39 is 65.1 Å². The van der Waals surface area contributed by atoms with Gasteiger partial charge in [0.25, 0.3) is 5.69 Å². The SMILES string of the molecule is CC(C)(C)OC(=O)N(C(=O)OC(C)(C)C)C1=N[C@]2(C)c3cc([N+](=O)[O-])ccc3OC(C)(C)CC2S(=O)(=O)C1(C)C. The summed E-state index contributed by atoms with van der Waals surface area (Å²) in [5.41, 5.74) is -4.94. The number of fused-ring (bicyclic) bond motifs is 3. The Morgan fingerprint density at radius 2 is 1.52 bits per heavy atom. The van der Waals surface area contributed by atoms with Crippen LogP contribution in [0.4, 0.5) is 15.3 Å². The predicted molar refractivity (Wildman–Crippen MR) is 148 cm³/mol. The Morgan fingerprint density at radius 1 is 1.02 bits per heavy atom. The second-order valence-electron chi connectivity index (χ2n) is 13.4. The van der Waals surface area contributed by atoms with Crippen molar-refractivity contribution in [3.8, 4) is 5.75 Å². The molecule has 2 atom stereocenters. The summed E-state index contributed by atoms with van der Waals surface area (Å²) in [4.78, 5) is 43.5. The molecule has 2 amide bonds. The number of hydrogen-bond donors (Lipinski definition) is 0. The van der Waals surface area contributed by atoms with Gasteiger partial charge in [-0.05, 0) is 82.2 Å². The summed E-state index contributed by atoms with van der Waals surface area (Å²) < 4.78 is 44.2. The summed E-state index contributed by atoms with van der Waals surface area (Å²) >= 11 is 0. The molecule has 0 bridgehead atoms. The summed E-state index contributed by atoms with van der Waals surface area (Å²) in [5.74, 6) is -0.216. The fourth-order valence-corrected chi connectivity index (χ4v) is 7.34. The van der Waals surface area contributed by atoms with E-state index in [1.807, 2.05) is 0 Å². The predicted octanol–water partition coefficient (Wildman–Crippen LogP) is 5.52. The molecule has 1 aromatic rings. The second kappa shape index (κ2) is 9.42. The highest BCUT2D eigenvalue weighted by Gasteiger charge is 2.62. The first-order valence-electron chi connectivity index (χ1n) is 12.9. The van der Waals surface area contributed by atoms with Gasteiger partial charge in [0.05, 0.1) is 10.2 Å². The number of carbonyl (C=O) groups excluding carboxylic acids is 2. The van der Waals surface area contributed by atoms with Crippen molar-refractivity contribution in [2.75, 3.05) is 0 Å². The highest BCUT2D eigenvalue weighted by Crippen LogP contribution is 2.52. The van der Waals surface area contributed by atoms with E-state index in [0.717, 1.165) is 0 Å². The molecule has 13 heteroatoms. The number of sulfone groups is 1. The molecule has 1 aromatic carbocycles. The van der Waals surface area contributed by atoms with E-state index in [-0.39, 0.29) is 23.4 Å². The molecule has 0 saturated heterocycles. The Kier molecular flexibility index (Phi) is 7.37. The zero-order valence-electron chi connectivity index (χ0n) is 24.9. The van der Waals surface area contributed by atoms with Gasteiger partial charge < -0.3 is 14.2 Å². The van der Waals surface area contributed by atoms with E-state index in [9.17, 15) is 28.1 Å². The summed E-state index contributed by atoms with van der Waals surface area (Å²) in [7, 11) is -4.28. The molecule has 2 aliphatic rings. The van der Waals surface area contributed by atoms with Crippen LogP contribution in [0.25, 0.3) is 0 Å². The third-order valence-corrected chi connectivity index (χ3v) is 9.72. The molecule has 0 spiro atoms. The summed E-state index contributed by atoms with van der Waals surface area (Å²) in [6, 6.07) is 3.89. The minimum atomic E-state index is -4.28. The zero-order chi connectivity index (χ0) is 30.9. The van der Waals surface area contributed by atoms with Crippen molar-refractivity contribution in [3.05, 3.63) is 33.9 Å². The normalized spacial score (nSPS) is 24.7. The maximum Gasteiger partial charge on any atom is 0.425 e. The van der Waals surface area contributed by atoms with Crippen molar-refractivity contribution in [3.63, 3.8) is 0 Å². The smallest absolute Gasteiger partial charge is 0.425 e. The van der Waals surface area contributed by atoms with Crippen LogP contribution < -0.4 is 4.74 Å². The van der Waals surface area contributed by atoms with E-state index in [1.54, 1.807) is 55.4 Å². The number of amides is 2. The van der Waals surface area contributed by atoms with Crippen LogP contribution in [-0.2, 0) is 24.8 Å². The average molecular weight is 582 g/mol. The largest absolute Gasteiger partial charge is 0.487 e. The van der Waals surface area contributed by atoms with Gasteiger partial charge >= 0.3 is 12.2 Å². The molecule has 0 fully saturated rings. The molecule has 0 radical (unpaired) electrons.